The summed E-state index contributed by atoms with van der Waals surface area (Å²) in [7, 11) is 7.02. The zero-order chi connectivity index (χ0) is 27.8. The average Bonchev–Trinajstić information content (AvgIpc) is 2.94. The zero-order valence-corrected chi connectivity index (χ0v) is 27.1. The number of halogens is 2. The van der Waals surface area contributed by atoms with Gasteiger partial charge in [-0.05, 0) is 88.4 Å². The summed E-state index contributed by atoms with van der Waals surface area (Å²) in [6, 6.07) is 46.2. The van der Waals surface area contributed by atoms with Crippen molar-refractivity contribution in [3.63, 3.8) is 0 Å². The van der Waals surface area contributed by atoms with E-state index in [2.05, 4.69) is 149 Å². The van der Waals surface area contributed by atoms with Crippen LogP contribution in [-0.4, -0.2) is 0 Å². The van der Waals surface area contributed by atoms with E-state index < -0.39 is 15.8 Å². The molecule has 0 amide bonds. The molecule has 0 bridgehead atoms. The van der Waals surface area contributed by atoms with Gasteiger partial charge < -0.3 is 0 Å². The molecule has 5 aromatic rings. The summed E-state index contributed by atoms with van der Waals surface area (Å²) >= 11 is 0.569. The first kappa shape index (κ1) is 30.0. The van der Waals surface area contributed by atoms with Crippen LogP contribution in [0.1, 0.15) is 22.3 Å². The van der Waals surface area contributed by atoms with Crippen molar-refractivity contribution in [2.24, 2.45) is 0 Å². The predicted octanol–water partition coefficient (Wildman–Crippen LogP) is 7.28. The van der Waals surface area contributed by atoms with Gasteiger partial charge in [0.25, 0.3) is 0 Å². The van der Waals surface area contributed by atoms with Gasteiger partial charge in [0.15, 0.2) is 0 Å². The zero-order valence-electron chi connectivity index (χ0n) is 22.6. The Hall–Kier alpha value is -1.97. The monoisotopic (exact) mass is 632 g/mol. The van der Waals surface area contributed by atoms with Crippen molar-refractivity contribution < 1.29 is 12.7 Å². The summed E-state index contributed by atoms with van der Waals surface area (Å²) < 4.78 is 0. The van der Waals surface area contributed by atoms with Crippen LogP contribution in [-0.2, 0) is 12.7 Å². The van der Waals surface area contributed by atoms with E-state index >= 15 is 0 Å². The Morgan fingerprint density at radius 3 is 0.795 bits per heavy atom. The van der Waals surface area contributed by atoms with Crippen LogP contribution in [0.2, 0.25) is 0 Å². The Morgan fingerprint density at radius 2 is 0.590 bits per heavy atom. The summed E-state index contributed by atoms with van der Waals surface area (Å²) in [6.45, 7) is 8.69. The van der Waals surface area contributed by atoms with Crippen LogP contribution in [0, 0.1) is 27.7 Å². The van der Waals surface area contributed by atoms with Crippen molar-refractivity contribution >= 4 is 68.1 Å². The molecule has 0 unspecified atom stereocenters. The van der Waals surface area contributed by atoms with Crippen LogP contribution in [0.5, 0.6) is 0 Å². The summed E-state index contributed by atoms with van der Waals surface area (Å²) in [5.41, 5.74) is 5.23. The summed E-state index contributed by atoms with van der Waals surface area (Å²) in [5.74, 6) is 0. The van der Waals surface area contributed by atoms with Gasteiger partial charge in [0.2, 0.25) is 0 Å². The van der Waals surface area contributed by atoms with Gasteiger partial charge in [-0.15, -0.1) is 0 Å². The quantitative estimate of drug-likeness (QED) is 0.136. The van der Waals surface area contributed by atoms with Gasteiger partial charge in [0.05, 0.1) is 0 Å². The number of aryl methyl sites for hydroxylation is 4. The Morgan fingerprint density at radius 1 is 0.385 bits per heavy atom. The molecule has 0 aliphatic rings. The summed E-state index contributed by atoms with van der Waals surface area (Å²) in [6.07, 6.45) is 0. The summed E-state index contributed by atoms with van der Waals surface area (Å²) in [5, 5.41) is 8.77. The topological polar surface area (TPSA) is 0 Å². The van der Waals surface area contributed by atoms with Gasteiger partial charge in [-0.1, -0.05) is 82.9 Å². The van der Waals surface area contributed by atoms with Gasteiger partial charge in [0, 0.05) is 0 Å². The van der Waals surface area contributed by atoms with Crippen molar-refractivity contribution in [1.82, 2.24) is 0 Å². The van der Waals surface area contributed by atoms with Crippen molar-refractivity contribution in [2.45, 2.75) is 27.7 Å². The normalized spacial score (nSPS) is 11.0. The first-order valence-electron chi connectivity index (χ1n) is 12.9. The maximum absolute atomic E-state index is 4.70. The third-order valence-corrected chi connectivity index (χ3v) is 12.7. The molecule has 5 heteroatoms. The van der Waals surface area contributed by atoms with Crippen molar-refractivity contribution in [1.29, 1.82) is 0 Å². The fourth-order valence-electron chi connectivity index (χ4n) is 4.76. The Bertz CT molecular complexity index is 1260. The van der Waals surface area contributed by atoms with Crippen molar-refractivity contribution in [2.75, 3.05) is 0 Å². The first-order chi connectivity index (χ1) is 18.9. The van der Waals surface area contributed by atoms with E-state index in [-0.39, 0.29) is 0 Å². The molecule has 0 aliphatic heterocycles. The maximum atomic E-state index is 4.70. The number of hydrogen-bond acceptors (Lipinski definition) is 0. The van der Waals surface area contributed by atoms with Gasteiger partial charge in [-0.2, -0.15) is 0 Å². The van der Waals surface area contributed by atoms with Gasteiger partial charge in [-0.25, -0.2) is 0 Å². The molecule has 0 radical (unpaired) electrons. The van der Waals surface area contributed by atoms with Crippen molar-refractivity contribution in [3.8, 4) is 0 Å². The van der Waals surface area contributed by atoms with E-state index in [1.807, 2.05) is 0 Å². The van der Waals surface area contributed by atoms with E-state index in [9.17, 15) is 0 Å². The molecule has 0 aromatic heterocycles. The molecule has 5 aromatic carbocycles. The first-order valence-corrected chi connectivity index (χ1v) is 18.6. The van der Waals surface area contributed by atoms with Crippen LogP contribution >= 0.6 is 36.2 Å². The number of rotatable bonds is 6. The minimum absolute atomic E-state index is 0.569. The van der Waals surface area contributed by atoms with Crippen LogP contribution < -0.4 is 31.8 Å². The van der Waals surface area contributed by atoms with E-state index in [1.165, 1.54) is 54.1 Å². The molecule has 5 rings (SSSR count). The predicted molar refractivity (Wildman–Crippen MR) is 177 cm³/mol. The van der Waals surface area contributed by atoms with E-state index in [4.69, 9.17) is 20.4 Å². The van der Waals surface area contributed by atoms with Crippen LogP contribution in [0.25, 0.3) is 0 Å². The Labute approximate surface area is 250 Å². The third-order valence-electron chi connectivity index (χ3n) is 6.83. The number of hydrogen-bond donors (Lipinski definition) is 0. The Kier molecular flexibility index (Phi) is 11.2. The molecule has 0 fully saturated rings. The second-order valence-electron chi connectivity index (χ2n) is 9.80. The molecule has 0 heterocycles. The van der Waals surface area contributed by atoms with Crippen LogP contribution in [0.4, 0.5) is 0 Å². The van der Waals surface area contributed by atoms with Gasteiger partial charge >= 0.3 is 33.0 Å². The van der Waals surface area contributed by atoms with E-state index in [0.717, 1.165) is 0 Å². The average molecular weight is 634 g/mol. The fourth-order valence-corrected chi connectivity index (χ4v) is 10.6. The van der Waals surface area contributed by atoms with Crippen LogP contribution in [0.15, 0.2) is 121 Å². The molecular formula is C34H34Cl2NiP2+2. The number of benzene rings is 5. The molecule has 0 nitrogen and oxygen atoms in total. The molecule has 0 aliphatic carbocycles. The molecule has 0 saturated carbocycles. The molecule has 0 N–H and O–H groups in total. The standard InChI is InChI=1S/C34H32P2.2ClH.Ni/c1-25-9-17-29(18-10-25)35(30-19-11-26(2)12-20-30)33-7-5-6-8-34(33)36(31-21-13-27(3)14-22-31)32-23-15-28(4)16-24-32;;;/h5-24H,1-4H3;2*1H;/q;;;+2. The van der Waals surface area contributed by atoms with Gasteiger partial charge in [0.1, 0.15) is 47.7 Å². The third kappa shape index (κ3) is 7.82. The molecule has 39 heavy (non-hydrogen) atoms. The molecular weight excluding hydrogens is 600 g/mol. The fraction of sp³-hybridized carbons (Fsp3) is 0.118. The molecule has 0 saturated heterocycles. The van der Waals surface area contributed by atoms with Gasteiger partial charge in [-0.3, -0.25) is 0 Å². The van der Waals surface area contributed by atoms with Crippen molar-refractivity contribution in [3.05, 3.63) is 144 Å². The molecule has 0 atom stereocenters. The minimum atomic E-state index is -1.19. The molecule has 0 spiro atoms. The second kappa shape index (κ2) is 14.6. The molecule has 202 valence electrons. The summed E-state index contributed by atoms with van der Waals surface area (Å²) in [4.78, 5) is 0. The van der Waals surface area contributed by atoms with E-state index in [0.29, 0.717) is 12.7 Å². The van der Waals surface area contributed by atoms with E-state index in [1.54, 1.807) is 0 Å². The SMILES string of the molecule is Cc1ccc([PH+](c2ccc(C)cc2)c2ccccc2[PH+](c2ccc(C)cc2)c2ccc(C)cc2)cc1.[Cl][Ni][Cl]. The Balaban J connectivity index is 0.00000112. The second-order valence-corrected chi connectivity index (χ2v) is 16.3. The van der Waals surface area contributed by atoms with Crippen LogP contribution in [0.3, 0.4) is 0 Å².